The molecular formula is C26H21ClN6O2. The van der Waals surface area contributed by atoms with Gasteiger partial charge in [-0.3, -0.25) is 24.7 Å². The van der Waals surface area contributed by atoms with Gasteiger partial charge in [-0.2, -0.15) is 5.10 Å². The fourth-order valence-electron chi connectivity index (χ4n) is 3.85. The molecule has 0 aliphatic rings. The molecular weight excluding hydrogens is 464 g/mol. The van der Waals surface area contributed by atoms with Crippen molar-refractivity contribution in [1.82, 2.24) is 30.0 Å². The number of aromatic amines is 1. The van der Waals surface area contributed by atoms with Gasteiger partial charge in [0.25, 0.3) is 11.5 Å². The van der Waals surface area contributed by atoms with Crippen molar-refractivity contribution in [3.05, 3.63) is 123 Å². The van der Waals surface area contributed by atoms with E-state index in [0.29, 0.717) is 29.2 Å². The number of carbonyl (C=O) groups excluding carboxylic acids is 1. The highest BCUT2D eigenvalue weighted by Gasteiger charge is 2.11. The molecule has 5 rings (SSSR count). The lowest BCUT2D eigenvalue weighted by atomic mass is 10.0. The van der Waals surface area contributed by atoms with Gasteiger partial charge in [0, 0.05) is 35.2 Å². The Hall–Kier alpha value is -4.30. The van der Waals surface area contributed by atoms with Crippen LogP contribution in [0.15, 0.2) is 84.3 Å². The quantitative estimate of drug-likeness (QED) is 0.366. The maximum Gasteiger partial charge on any atom is 0.269 e. The van der Waals surface area contributed by atoms with Gasteiger partial charge in [-0.1, -0.05) is 35.9 Å². The molecule has 5 aromatic rings. The second kappa shape index (κ2) is 9.90. The Bertz CT molecular complexity index is 1560. The van der Waals surface area contributed by atoms with Crippen molar-refractivity contribution >= 4 is 28.4 Å². The van der Waals surface area contributed by atoms with Gasteiger partial charge >= 0.3 is 0 Å². The highest BCUT2D eigenvalue weighted by atomic mass is 35.5. The molecule has 0 saturated heterocycles. The summed E-state index contributed by atoms with van der Waals surface area (Å²) in [7, 11) is 0. The van der Waals surface area contributed by atoms with E-state index in [1.54, 1.807) is 35.4 Å². The number of nitrogens with one attached hydrogen (secondary N) is 2. The summed E-state index contributed by atoms with van der Waals surface area (Å²) in [6, 6.07) is 15.3. The molecule has 8 nitrogen and oxygen atoms in total. The van der Waals surface area contributed by atoms with Crippen molar-refractivity contribution in [2.24, 2.45) is 0 Å². The van der Waals surface area contributed by atoms with Gasteiger partial charge in [0.2, 0.25) is 0 Å². The van der Waals surface area contributed by atoms with E-state index in [9.17, 15) is 9.59 Å². The van der Waals surface area contributed by atoms with Crippen LogP contribution in [0.3, 0.4) is 0 Å². The largest absolute Gasteiger partial charge is 0.346 e. The van der Waals surface area contributed by atoms with E-state index < -0.39 is 0 Å². The minimum atomic E-state index is -0.226. The molecule has 9 heteroatoms. The van der Waals surface area contributed by atoms with Crippen LogP contribution in [-0.2, 0) is 19.5 Å². The number of nitrogens with zero attached hydrogens (tertiary/aromatic N) is 4. The lowest BCUT2D eigenvalue weighted by Crippen LogP contribution is -2.23. The highest BCUT2D eigenvalue weighted by molar-refractivity contribution is 6.31. The Labute approximate surface area is 205 Å². The van der Waals surface area contributed by atoms with Gasteiger partial charge in [-0.05, 0) is 47.4 Å². The Balaban J connectivity index is 1.23. The van der Waals surface area contributed by atoms with Crippen LogP contribution in [-0.4, -0.2) is 30.6 Å². The van der Waals surface area contributed by atoms with Crippen LogP contribution in [0, 0.1) is 0 Å². The lowest BCUT2D eigenvalue weighted by molar-refractivity contribution is 0.0950. The maximum atomic E-state index is 12.7. The van der Waals surface area contributed by atoms with E-state index in [1.807, 2.05) is 42.5 Å². The van der Waals surface area contributed by atoms with Gasteiger partial charge in [0.1, 0.15) is 0 Å². The smallest absolute Gasteiger partial charge is 0.269 e. The molecule has 0 radical (unpaired) electrons. The molecule has 3 heterocycles. The second-order valence-corrected chi connectivity index (χ2v) is 8.60. The van der Waals surface area contributed by atoms with Gasteiger partial charge in [0.15, 0.2) is 0 Å². The van der Waals surface area contributed by atoms with Crippen LogP contribution in [0.4, 0.5) is 0 Å². The predicted molar refractivity (Wildman–Crippen MR) is 133 cm³/mol. The van der Waals surface area contributed by atoms with Crippen LogP contribution < -0.4 is 10.9 Å². The Morgan fingerprint density at radius 3 is 2.63 bits per heavy atom. The number of carbonyl (C=O) groups is 1. The van der Waals surface area contributed by atoms with E-state index in [4.69, 9.17) is 11.6 Å². The van der Waals surface area contributed by atoms with Crippen molar-refractivity contribution < 1.29 is 4.79 Å². The van der Waals surface area contributed by atoms with Crippen LogP contribution in [0.25, 0.3) is 10.9 Å². The van der Waals surface area contributed by atoms with E-state index in [1.165, 1.54) is 6.20 Å². The van der Waals surface area contributed by atoms with Crippen molar-refractivity contribution in [2.45, 2.75) is 19.5 Å². The molecule has 0 aliphatic heterocycles. The number of benzene rings is 2. The number of hydrogen-bond donors (Lipinski definition) is 2. The van der Waals surface area contributed by atoms with Crippen molar-refractivity contribution in [1.29, 1.82) is 0 Å². The summed E-state index contributed by atoms with van der Waals surface area (Å²) < 4.78 is 1.61. The summed E-state index contributed by atoms with van der Waals surface area (Å²) in [6.07, 6.45) is 8.50. The SMILES string of the molecule is O=C(NCc1n[nH]c2ccc(Cl)cc12)c1cncc(Cc2ccc(Cn3ccncc3=O)cc2)c1. The fraction of sp³-hybridized carbons (Fsp3) is 0.115. The highest BCUT2D eigenvalue weighted by Crippen LogP contribution is 2.20. The molecule has 0 aliphatic carbocycles. The third-order valence-corrected chi connectivity index (χ3v) is 5.90. The summed E-state index contributed by atoms with van der Waals surface area (Å²) in [5.74, 6) is -0.226. The van der Waals surface area contributed by atoms with Crippen molar-refractivity contribution in [2.75, 3.05) is 0 Å². The number of halogens is 1. The molecule has 0 spiro atoms. The number of amides is 1. The van der Waals surface area contributed by atoms with E-state index in [0.717, 1.165) is 27.6 Å². The second-order valence-electron chi connectivity index (χ2n) is 8.16. The molecule has 2 N–H and O–H groups in total. The number of pyridine rings is 1. The summed E-state index contributed by atoms with van der Waals surface area (Å²) in [4.78, 5) is 32.7. The number of hydrogen-bond acceptors (Lipinski definition) is 5. The molecule has 0 unspecified atom stereocenters. The van der Waals surface area contributed by atoms with E-state index in [2.05, 4.69) is 25.5 Å². The van der Waals surface area contributed by atoms with Crippen LogP contribution in [0.2, 0.25) is 5.02 Å². The molecule has 174 valence electrons. The van der Waals surface area contributed by atoms with Crippen LogP contribution in [0.1, 0.15) is 32.7 Å². The Kier molecular flexibility index (Phi) is 6.36. The molecule has 0 atom stereocenters. The summed E-state index contributed by atoms with van der Waals surface area (Å²) in [5.41, 5.74) is 4.94. The third-order valence-electron chi connectivity index (χ3n) is 5.66. The minimum absolute atomic E-state index is 0.137. The summed E-state index contributed by atoms with van der Waals surface area (Å²) in [6.45, 7) is 0.752. The first-order valence-electron chi connectivity index (χ1n) is 11.0. The van der Waals surface area contributed by atoms with E-state index in [-0.39, 0.29) is 18.0 Å². The minimum Gasteiger partial charge on any atom is -0.346 e. The van der Waals surface area contributed by atoms with Gasteiger partial charge in [-0.15, -0.1) is 0 Å². The van der Waals surface area contributed by atoms with Gasteiger partial charge < -0.3 is 9.88 Å². The number of fused-ring (bicyclic) bond motifs is 1. The van der Waals surface area contributed by atoms with E-state index >= 15 is 0 Å². The first-order valence-corrected chi connectivity index (χ1v) is 11.4. The average molecular weight is 485 g/mol. The normalized spacial score (nSPS) is 11.0. The predicted octanol–water partition coefficient (Wildman–Crippen LogP) is 3.74. The fourth-order valence-corrected chi connectivity index (χ4v) is 4.02. The molecule has 3 aromatic heterocycles. The van der Waals surface area contributed by atoms with Crippen LogP contribution >= 0.6 is 11.6 Å². The molecule has 0 saturated carbocycles. The van der Waals surface area contributed by atoms with Crippen molar-refractivity contribution in [3.8, 4) is 0 Å². The molecule has 35 heavy (non-hydrogen) atoms. The van der Waals surface area contributed by atoms with Gasteiger partial charge in [-0.25, -0.2) is 0 Å². The monoisotopic (exact) mass is 484 g/mol. The first-order chi connectivity index (χ1) is 17.0. The van der Waals surface area contributed by atoms with Crippen molar-refractivity contribution in [3.63, 3.8) is 0 Å². The summed E-state index contributed by atoms with van der Waals surface area (Å²) in [5, 5.41) is 11.6. The number of aromatic nitrogens is 5. The number of rotatable bonds is 7. The standard InChI is InChI=1S/C26H21ClN6O2/c27-21-5-6-23-22(11-21)24(32-31-23)14-30-26(35)20-10-19(12-29-13-20)9-17-1-3-18(4-2-17)16-33-8-7-28-15-25(33)34/h1-8,10-13,15H,9,14,16H2,(H,30,35)(H,31,32). The molecule has 0 bridgehead atoms. The lowest BCUT2D eigenvalue weighted by Gasteiger charge is -2.08. The Morgan fingerprint density at radius 1 is 0.971 bits per heavy atom. The molecule has 2 aromatic carbocycles. The first kappa shape index (κ1) is 22.5. The third kappa shape index (κ3) is 5.28. The number of H-pyrrole nitrogens is 1. The maximum absolute atomic E-state index is 12.7. The Morgan fingerprint density at radius 2 is 1.80 bits per heavy atom. The zero-order valence-electron chi connectivity index (χ0n) is 18.6. The average Bonchev–Trinajstić information content (AvgIpc) is 3.27. The summed E-state index contributed by atoms with van der Waals surface area (Å²) >= 11 is 6.09. The zero-order chi connectivity index (χ0) is 24.2. The topological polar surface area (TPSA) is 106 Å². The molecule has 1 amide bonds. The zero-order valence-corrected chi connectivity index (χ0v) is 19.4. The van der Waals surface area contributed by atoms with Gasteiger partial charge in [0.05, 0.1) is 36.1 Å². The molecule has 0 fully saturated rings. The van der Waals surface area contributed by atoms with Crippen LogP contribution in [0.5, 0.6) is 0 Å².